The van der Waals surface area contributed by atoms with E-state index in [0.29, 0.717) is 37.3 Å². The summed E-state index contributed by atoms with van der Waals surface area (Å²) in [6, 6.07) is 3.61. The zero-order valence-corrected chi connectivity index (χ0v) is 16.1. The van der Waals surface area contributed by atoms with Gasteiger partial charge in [-0.2, -0.15) is 0 Å². The molecule has 3 fully saturated rings. The molecule has 6 nitrogen and oxygen atoms in total. The van der Waals surface area contributed by atoms with Crippen LogP contribution in [-0.2, 0) is 21.4 Å². The fourth-order valence-corrected chi connectivity index (χ4v) is 6.63. The number of piperidine rings is 1. The average molecular weight is 383 g/mol. The van der Waals surface area contributed by atoms with Crippen molar-refractivity contribution in [2.45, 2.75) is 68.1 Å². The summed E-state index contributed by atoms with van der Waals surface area (Å²) in [6.45, 7) is 0.575. The molecule has 6 heteroatoms. The van der Waals surface area contributed by atoms with E-state index in [-0.39, 0.29) is 30.1 Å². The Bertz CT molecular complexity index is 908. The molecule has 2 bridgehead atoms. The van der Waals surface area contributed by atoms with E-state index in [4.69, 9.17) is 9.47 Å². The largest absolute Gasteiger partial charge is 0.493 e. The maximum absolute atomic E-state index is 13.2. The maximum Gasteiger partial charge on any atom is 0.226 e. The smallest absolute Gasteiger partial charge is 0.226 e. The standard InChI is InChI=1S/C22H25NO5/c1-27-15-6-5-13-11-16-22(26)8-7-14(24)19-21(22,17(13)18(15)28-19)9-10-23(16)20(25)12-3-2-4-12/h5-6,12,16,19,26H,2-4,7-11H2,1H3/t16?,19?,21-,22+/m1/s1. The highest BCUT2D eigenvalue weighted by Crippen LogP contribution is 2.65. The van der Waals surface area contributed by atoms with E-state index in [0.717, 1.165) is 30.4 Å². The van der Waals surface area contributed by atoms with Gasteiger partial charge in [0, 0.05) is 24.4 Å². The highest BCUT2D eigenvalue weighted by atomic mass is 16.5. The Morgan fingerprint density at radius 3 is 2.86 bits per heavy atom. The van der Waals surface area contributed by atoms with Crippen LogP contribution >= 0.6 is 0 Å². The van der Waals surface area contributed by atoms with Gasteiger partial charge in [-0.1, -0.05) is 12.5 Å². The minimum Gasteiger partial charge on any atom is -0.493 e. The van der Waals surface area contributed by atoms with Crippen LogP contribution in [0.15, 0.2) is 12.1 Å². The van der Waals surface area contributed by atoms with E-state index >= 15 is 0 Å². The van der Waals surface area contributed by atoms with Crippen LogP contribution in [0.4, 0.5) is 0 Å². The number of benzene rings is 1. The molecular weight excluding hydrogens is 358 g/mol. The summed E-state index contributed by atoms with van der Waals surface area (Å²) >= 11 is 0. The monoisotopic (exact) mass is 383 g/mol. The third kappa shape index (κ3) is 1.70. The van der Waals surface area contributed by atoms with Gasteiger partial charge in [-0.3, -0.25) is 9.59 Å². The SMILES string of the molecule is COc1ccc2c3c1OC1C(=O)CC[C@]4(O)C(C2)N(C(=O)C2CCC2)CC[C@@]314. The molecule has 28 heavy (non-hydrogen) atoms. The van der Waals surface area contributed by atoms with E-state index in [1.165, 1.54) is 0 Å². The minimum atomic E-state index is -1.13. The van der Waals surface area contributed by atoms with Crippen molar-refractivity contribution in [3.63, 3.8) is 0 Å². The lowest BCUT2D eigenvalue weighted by atomic mass is 9.49. The highest BCUT2D eigenvalue weighted by Gasteiger charge is 2.73. The Labute approximate surface area is 163 Å². The molecule has 2 aliphatic heterocycles. The van der Waals surface area contributed by atoms with Crippen LogP contribution in [0, 0.1) is 5.92 Å². The second kappa shape index (κ2) is 5.29. The molecule has 3 aliphatic carbocycles. The number of ketones is 1. The van der Waals surface area contributed by atoms with Crippen LogP contribution in [0.1, 0.15) is 49.7 Å². The van der Waals surface area contributed by atoms with Crippen LogP contribution in [0.25, 0.3) is 0 Å². The second-order valence-corrected chi connectivity index (χ2v) is 9.12. The molecule has 1 saturated heterocycles. The third-order valence-corrected chi connectivity index (χ3v) is 8.20. The zero-order valence-electron chi connectivity index (χ0n) is 16.1. The lowest BCUT2D eigenvalue weighted by Gasteiger charge is -2.62. The number of nitrogens with zero attached hydrogens (tertiary/aromatic N) is 1. The topological polar surface area (TPSA) is 76.1 Å². The van der Waals surface area contributed by atoms with Crippen molar-refractivity contribution < 1.29 is 24.2 Å². The number of carbonyl (C=O) groups is 2. The first-order valence-electron chi connectivity index (χ1n) is 10.4. The summed E-state index contributed by atoms with van der Waals surface area (Å²) < 4.78 is 11.7. The fraction of sp³-hybridized carbons (Fsp3) is 0.636. The molecule has 2 heterocycles. The number of hydrogen-bond donors (Lipinski definition) is 1. The van der Waals surface area contributed by atoms with Gasteiger partial charge in [0.15, 0.2) is 23.4 Å². The molecule has 1 aromatic rings. The van der Waals surface area contributed by atoms with E-state index < -0.39 is 17.1 Å². The molecular formula is C22H25NO5. The van der Waals surface area contributed by atoms with Crippen molar-refractivity contribution in [2.75, 3.05) is 13.7 Å². The number of likely N-dealkylation sites (tertiary alicyclic amines) is 1. The molecule has 1 amide bonds. The summed E-state index contributed by atoms with van der Waals surface area (Å²) in [5.74, 6) is 1.57. The molecule has 6 rings (SSSR count). The van der Waals surface area contributed by atoms with E-state index in [9.17, 15) is 14.7 Å². The van der Waals surface area contributed by atoms with E-state index in [1.54, 1.807) is 7.11 Å². The van der Waals surface area contributed by atoms with Crippen molar-refractivity contribution in [3.05, 3.63) is 23.3 Å². The summed E-state index contributed by atoms with van der Waals surface area (Å²) in [6.07, 6.45) is 4.17. The lowest BCUT2D eigenvalue weighted by molar-refractivity contribution is -0.195. The first-order chi connectivity index (χ1) is 13.5. The van der Waals surface area contributed by atoms with Crippen LogP contribution in [0.5, 0.6) is 11.5 Å². The molecule has 0 aromatic heterocycles. The normalized spacial score (nSPS) is 37.8. The lowest BCUT2D eigenvalue weighted by Crippen LogP contribution is -2.77. The van der Waals surface area contributed by atoms with Crippen molar-refractivity contribution >= 4 is 11.7 Å². The van der Waals surface area contributed by atoms with Gasteiger partial charge in [0.2, 0.25) is 5.91 Å². The predicted molar refractivity (Wildman–Crippen MR) is 99.4 cm³/mol. The summed E-state index contributed by atoms with van der Waals surface area (Å²) in [7, 11) is 1.60. The number of carbonyl (C=O) groups excluding carboxylic acids is 2. The van der Waals surface area contributed by atoms with E-state index in [2.05, 4.69) is 0 Å². The number of rotatable bonds is 2. The van der Waals surface area contributed by atoms with Crippen molar-refractivity contribution in [1.29, 1.82) is 0 Å². The molecule has 1 aromatic carbocycles. The number of aliphatic hydroxyl groups is 1. The predicted octanol–water partition coefficient (Wildman–Crippen LogP) is 1.75. The number of amides is 1. The van der Waals surface area contributed by atoms with Gasteiger partial charge in [-0.25, -0.2) is 0 Å². The number of Topliss-reactive ketones (excluding diaryl/α,β-unsaturated/α-hetero) is 1. The maximum atomic E-state index is 13.2. The van der Waals surface area contributed by atoms with Gasteiger partial charge in [0.25, 0.3) is 0 Å². The van der Waals surface area contributed by atoms with Crippen LogP contribution in [0.2, 0.25) is 0 Å². The Balaban J connectivity index is 1.55. The van der Waals surface area contributed by atoms with Gasteiger partial charge in [-0.15, -0.1) is 0 Å². The molecule has 148 valence electrons. The van der Waals surface area contributed by atoms with E-state index in [1.807, 2.05) is 17.0 Å². The average Bonchev–Trinajstić information content (AvgIpc) is 2.98. The van der Waals surface area contributed by atoms with Gasteiger partial charge in [-0.05, 0) is 43.7 Å². The summed E-state index contributed by atoms with van der Waals surface area (Å²) in [5, 5.41) is 12.1. The van der Waals surface area contributed by atoms with Gasteiger partial charge in [0.1, 0.15) is 0 Å². The summed E-state index contributed by atoms with van der Waals surface area (Å²) in [5.41, 5.74) is 0.141. The number of ether oxygens (including phenoxy) is 2. The Hall–Kier alpha value is -2.08. The first kappa shape index (κ1) is 16.8. The van der Waals surface area contributed by atoms with Crippen LogP contribution in [0.3, 0.4) is 0 Å². The fourth-order valence-electron chi connectivity index (χ4n) is 6.63. The number of methoxy groups -OCH3 is 1. The van der Waals surface area contributed by atoms with Crippen LogP contribution in [-0.4, -0.2) is 53.1 Å². The van der Waals surface area contributed by atoms with Gasteiger partial charge < -0.3 is 19.5 Å². The highest BCUT2D eigenvalue weighted by molar-refractivity contribution is 5.90. The molecule has 1 N–H and O–H groups in total. The van der Waals surface area contributed by atoms with Gasteiger partial charge >= 0.3 is 0 Å². The second-order valence-electron chi connectivity index (χ2n) is 9.12. The Morgan fingerprint density at radius 2 is 2.14 bits per heavy atom. The molecule has 5 aliphatic rings. The first-order valence-corrected chi connectivity index (χ1v) is 10.4. The van der Waals surface area contributed by atoms with Crippen molar-refractivity contribution in [2.24, 2.45) is 5.92 Å². The molecule has 1 spiro atoms. The van der Waals surface area contributed by atoms with Gasteiger partial charge in [0.05, 0.1) is 24.2 Å². The quantitative estimate of drug-likeness (QED) is 0.842. The Kier molecular flexibility index (Phi) is 3.18. The third-order valence-electron chi connectivity index (χ3n) is 8.20. The number of hydrogen-bond acceptors (Lipinski definition) is 5. The van der Waals surface area contributed by atoms with Crippen molar-refractivity contribution in [1.82, 2.24) is 4.90 Å². The molecule has 0 radical (unpaired) electrons. The Morgan fingerprint density at radius 1 is 1.32 bits per heavy atom. The summed E-state index contributed by atoms with van der Waals surface area (Å²) in [4.78, 5) is 28.0. The molecule has 2 saturated carbocycles. The zero-order chi connectivity index (χ0) is 19.3. The minimum absolute atomic E-state index is 0.0493. The van der Waals surface area contributed by atoms with Crippen LogP contribution < -0.4 is 9.47 Å². The molecule has 4 atom stereocenters. The molecule has 2 unspecified atom stereocenters. The van der Waals surface area contributed by atoms with Crippen molar-refractivity contribution in [3.8, 4) is 11.5 Å².